The Morgan fingerprint density at radius 1 is 0.875 bits per heavy atom. The van der Waals surface area contributed by atoms with Gasteiger partial charge in [-0.3, -0.25) is 0 Å². The van der Waals surface area contributed by atoms with Crippen LogP contribution in [0.3, 0.4) is 0 Å². The van der Waals surface area contributed by atoms with Gasteiger partial charge in [-0.15, -0.1) is 0 Å². The Balaban J connectivity index is 0.000000160. The summed E-state index contributed by atoms with van der Waals surface area (Å²) in [6.07, 6.45) is 0. The molecular formula is C12H12BrFN2. The second kappa shape index (κ2) is 6.12. The zero-order valence-electron chi connectivity index (χ0n) is 8.53. The van der Waals surface area contributed by atoms with E-state index >= 15 is 0 Å². The lowest BCUT2D eigenvalue weighted by molar-refractivity contribution is 0.628. The van der Waals surface area contributed by atoms with Crippen LogP contribution in [0.25, 0.3) is 0 Å². The van der Waals surface area contributed by atoms with Gasteiger partial charge in [0, 0.05) is 15.8 Å². The van der Waals surface area contributed by atoms with Crippen molar-refractivity contribution in [3.05, 3.63) is 58.8 Å². The largest absolute Gasteiger partial charge is 0.399 e. The number of nitrogen functional groups attached to an aromatic ring is 2. The molecular weight excluding hydrogens is 271 g/mol. The maximum atomic E-state index is 12.0. The molecule has 0 aliphatic carbocycles. The van der Waals surface area contributed by atoms with Crippen LogP contribution in [0.15, 0.2) is 53.0 Å². The van der Waals surface area contributed by atoms with Crippen molar-refractivity contribution in [2.24, 2.45) is 0 Å². The summed E-state index contributed by atoms with van der Waals surface area (Å²) in [5.74, 6) is -0.251. The van der Waals surface area contributed by atoms with Crippen molar-refractivity contribution >= 4 is 27.3 Å². The Morgan fingerprint density at radius 3 is 1.88 bits per heavy atom. The highest BCUT2D eigenvalue weighted by Gasteiger charge is 1.84. The fourth-order valence-corrected chi connectivity index (χ4v) is 1.39. The molecule has 0 bridgehead atoms. The van der Waals surface area contributed by atoms with Crippen LogP contribution in [-0.2, 0) is 0 Å². The first-order valence-corrected chi connectivity index (χ1v) is 5.39. The van der Waals surface area contributed by atoms with Gasteiger partial charge in [0.15, 0.2) is 0 Å². The average molecular weight is 283 g/mol. The number of benzene rings is 2. The van der Waals surface area contributed by atoms with Crippen molar-refractivity contribution in [3.8, 4) is 0 Å². The van der Waals surface area contributed by atoms with Crippen LogP contribution < -0.4 is 11.5 Å². The molecule has 2 nitrogen and oxygen atoms in total. The summed E-state index contributed by atoms with van der Waals surface area (Å²) in [5.41, 5.74) is 12.1. The molecule has 4 heteroatoms. The van der Waals surface area contributed by atoms with Gasteiger partial charge < -0.3 is 11.5 Å². The molecule has 0 unspecified atom stereocenters. The number of hydrogen-bond acceptors (Lipinski definition) is 2. The van der Waals surface area contributed by atoms with Crippen LogP contribution in [0, 0.1) is 5.82 Å². The molecule has 2 rings (SSSR count). The van der Waals surface area contributed by atoms with E-state index in [0.717, 1.165) is 10.2 Å². The highest BCUT2D eigenvalue weighted by molar-refractivity contribution is 9.10. The summed E-state index contributed by atoms with van der Waals surface area (Å²) in [6, 6.07) is 13.3. The van der Waals surface area contributed by atoms with Gasteiger partial charge in [-0.1, -0.05) is 22.0 Å². The second-order valence-electron chi connectivity index (χ2n) is 3.11. The van der Waals surface area contributed by atoms with E-state index in [1.54, 1.807) is 0 Å². The van der Waals surface area contributed by atoms with Gasteiger partial charge in [-0.2, -0.15) is 0 Å². The van der Waals surface area contributed by atoms with Crippen molar-refractivity contribution in [1.29, 1.82) is 0 Å². The van der Waals surface area contributed by atoms with Crippen LogP contribution in [0.2, 0.25) is 0 Å². The van der Waals surface area contributed by atoms with E-state index in [9.17, 15) is 4.39 Å². The van der Waals surface area contributed by atoms with Crippen molar-refractivity contribution in [3.63, 3.8) is 0 Å². The molecule has 0 aliphatic heterocycles. The average Bonchev–Trinajstić information content (AvgIpc) is 2.23. The SMILES string of the molecule is Nc1ccc(F)cc1.Nc1cccc(Br)c1. The topological polar surface area (TPSA) is 52.0 Å². The van der Waals surface area contributed by atoms with Crippen LogP contribution in [0.5, 0.6) is 0 Å². The number of rotatable bonds is 0. The predicted octanol–water partition coefficient (Wildman–Crippen LogP) is 3.44. The van der Waals surface area contributed by atoms with Gasteiger partial charge in [0.2, 0.25) is 0 Å². The number of hydrogen-bond donors (Lipinski definition) is 2. The van der Waals surface area contributed by atoms with Gasteiger partial charge in [0.1, 0.15) is 5.82 Å². The van der Waals surface area contributed by atoms with E-state index in [0.29, 0.717) is 5.69 Å². The molecule has 0 aromatic heterocycles. The van der Waals surface area contributed by atoms with Gasteiger partial charge in [-0.25, -0.2) is 4.39 Å². The molecule has 0 amide bonds. The molecule has 0 atom stereocenters. The third-order valence-corrected chi connectivity index (χ3v) is 2.21. The third kappa shape index (κ3) is 4.79. The molecule has 4 N–H and O–H groups in total. The molecule has 2 aromatic carbocycles. The summed E-state index contributed by atoms with van der Waals surface area (Å²) in [7, 11) is 0. The maximum Gasteiger partial charge on any atom is 0.123 e. The van der Waals surface area contributed by atoms with E-state index < -0.39 is 0 Å². The summed E-state index contributed by atoms with van der Waals surface area (Å²) in [4.78, 5) is 0. The normalized spacial score (nSPS) is 9.12. The minimum absolute atomic E-state index is 0.251. The van der Waals surface area contributed by atoms with E-state index in [4.69, 9.17) is 11.5 Å². The van der Waals surface area contributed by atoms with Crippen LogP contribution in [-0.4, -0.2) is 0 Å². The highest BCUT2D eigenvalue weighted by Crippen LogP contribution is 2.11. The molecule has 0 aliphatic rings. The molecule has 0 radical (unpaired) electrons. The first kappa shape index (κ1) is 12.5. The van der Waals surface area contributed by atoms with E-state index in [1.165, 1.54) is 24.3 Å². The summed E-state index contributed by atoms with van der Waals surface area (Å²) >= 11 is 3.28. The molecule has 0 fully saturated rings. The Bertz CT molecular complexity index is 405. The first-order chi connectivity index (χ1) is 7.58. The van der Waals surface area contributed by atoms with Crippen molar-refractivity contribution in [2.75, 3.05) is 11.5 Å². The summed E-state index contributed by atoms with van der Waals surface area (Å²) < 4.78 is 13.1. The summed E-state index contributed by atoms with van der Waals surface area (Å²) in [5, 5.41) is 0. The van der Waals surface area contributed by atoms with Crippen LogP contribution in [0.4, 0.5) is 15.8 Å². The Morgan fingerprint density at radius 2 is 1.50 bits per heavy atom. The molecule has 0 saturated heterocycles. The lowest BCUT2D eigenvalue weighted by Gasteiger charge is -1.89. The Kier molecular flexibility index (Phi) is 4.79. The Hall–Kier alpha value is -1.55. The standard InChI is InChI=1S/C6H6BrN.C6H6FN/c7-5-2-1-3-6(8)4-5;7-5-1-3-6(8)4-2-5/h2*1-4H,8H2. The minimum Gasteiger partial charge on any atom is -0.399 e. The molecule has 84 valence electrons. The Labute approximate surface area is 102 Å². The zero-order chi connectivity index (χ0) is 12.0. The van der Waals surface area contributed by atoms with Crippen molar-refractivity contribution in [1.82, 2.24) is 0 Å². The van der Waals surface area contributed by atoms with Crippen LogP contribution in [0.1, 0.15) is 0 Å². The van der Waals surface area contributed by atoms with Gasteiger partial charge >= 0.3 is 0 Å². The molecule has 16 heavy (non-hydrogen) atoms. The zero-order valence-corrected chi connectivity index (χ0v) is 10.1. The fraction of sp³-hybridized carbons (Fsp3) is 0. The minimum atomic E-state index is -0.251. The van der Waals surface area contributed by atoms with E-state index in [1.807, 2.05) is 24.3 Å². The smallest absolute Gasteiger partial charge is 0.123 e. The lowest BCUT2D eigenvalue weighted by Crippen LogP contribution is -1.82. The van der Waals surface area contributed by atoms with Crippen LogP contribution >= 0.6 is 15.9 Å². The highest BCUT2D eigenvalue weighted by atomic mass is 79.9. The van der Waals surface area contributed by atoms with E-state index in [2.05, 4.69) is 15.9 Å². The summed E-state index contributed by atoms with van der Waals surface area (Å²) in [6.45, 7) is 0. The maximum absolute atomic E-state index is 12.0. The fourth-order valence-electron chi connectivity index (χ4n) is 0.969. The molecule has 2 aromatic rings. The number of halogens is 2. The predicted molar refractivity (Wildman–Crippen MR) is 69.4 cm³/mol. The van der Waals surface area contributed by atoms with Gasteiger partial charge in [-0.05, 0) is 42.5 Å². The van der Waals surface area contributed by atoms with Crippen molar-refractivity contribution in [2.45, 2.75) is 0 Å². The molecule has 0 spiro atoms. The van der Waals surface area contributed by atoms with E-state index in [-0.39, 0.29) is 5.82 Å². The number of anilines is 2. The third-order valence-electron chi connectivity index (χ3n) is 1.72. The second-order valence-corrected chi connectivity index (χ2v) is 4.02. The lowest BCUT2D eigenvalue weighted by atomic mass is 10.3. The van der Waals surface area contributed by atoms with Gasteiger partial charge in [0.25, 0.3) is 0 Å². The monoisotopic (exact) mass is 282 g/mol. The first-order valence-electron chi connectivity index (χ1n) is 4.60. The molecule has 0 heterocycles. The quantitative estimate of drug-likeness (QED) is 0.728. The van der Waals surface area contributed by atoms with Crippen molar-refractivity contribution < 1.29 is 4.39 Å². The number of nitrogens with two attached hydrogens (primary N) is 2. The molecule has 0 saturated carbocycles. The van der Waals surface area contributed by atoms with Gasteiger partial charge in [0.05, 0.1) is 0 Å².